The molecule has 1 aromatic rings. The highest BCUT2D eigenvalue weighted by Gasteiger charge is 2.19. The number of amides is 1. The SMILES string of the molecule is CCOC(=O)CCN(CCCO)C(=O)c1ccccc1F. The first-order valence-electron chi connectivity index (χ1n) is 6.90. The summed E-state index contributed by atoms with van der Waals surface area (Å²) in [6.45, 7) is 2.28. The molecule has 0 bridgehead atoms. The van der Waals surface area contributed by atoms with Gasteiger partial charge in [-0.05, 0) is 25.5 Å². The van der Waals surface area contributed by atoms with Crippen molar-refractivity contribution in [1.82, 2.24) is 4.90 Å². The molecular weight excluding hydrogens is 277 g/mol. The van der Waals surface area contributed by atoms with Gasteiger partial charge in [0.25, 0.3) is 5.91 Å². The largest absolute Gasteiger partial charge is 0.466 e. The van der Waals surface area contributed by atoms with Gasteiger partial charge in [-0.25, -0.2) is 4.39 Å². The zero-order chi connectivity index (χ0) is 15.7. The minimum Gasteiger partial charge on any atom is -0.466 e. The Balaban J connectivity index is 2.74. The molecule has 6 heteroatoms. The number of aliphatic hydroxyl groups excluding tert-OH is 1. The Labute approximate surface area is 123 Å². The van der Waals surface area contributed by atoms with Gasteiger partial charge in [-0.1, -0.05) is 12.1 Å². The predicted molar refractivity (Wildman–Crippen MR) is 75.3 cm³/mol. The van der Waals surface area contributed by atoms with Gasteiger partial charge in [-0.2, -0.15) is 0 Å². The van der Waals surface area contributed by atoms with Crippen LogP contribution in [0.2, 0.25) is 0 Å². The lowest BCUT2D eigenvalue weighted by Gasteiger charge is -2.22. The highest BCUT2D eigenvalue weighted by atomic mass is 19.1. The summed E-state index contributed by atoms with van der Waals surface area (Å²) >= 11 is 0. The van der Waals surface area contributed by atoms with Crippen LogP contribution in [-0.4, -0.2) is 48.2 Å². The first kappa shape index (κ1) is 17.1. The first-order valence-corrected chi connectivity index (χ1v) is 6.90. The van der Waals surface area contributed by atoms with E-state index < -0.39 is 17.7 Å². The number of hydrogen-bond acceptors (Lipinski definition) is 4. The second-order valence-electron chi connectivity index (χ2n) is 4.40. The fraction of sp³-hybridized carbons (Fsp3) is 0.467. The zero-order valence-electron chi connectivity index (χ0n) is 12.0. The van der Waals surface area contributed by atoms with Gasteiger partial charge in [0.1, 0.15) is 5.82 Å². The van der Waals surface area contributed by atoms with Gasteiger partial charge in [0.05, 0.1) is 18.6 Å². The van der Waals surface area contributed by atoms with Crippen molar-refractivity contribution in [1.29, 1.82) is 0 Å². The molecule has 1 rings (SSSR count). The molecule has 0 radical (unpaired) electrons. The molecule has 0 aliphatic rings. The van der Waals surface area contributed by atoms with Crippen LogP contribution in [0, 0.1) is 5.82 Å². The van der Waals surface area contributed by atoms with E-state index in [0.29, 0.717) is 6.42 Å². The van der Waals surface area contributed by atoms with E-state index in [1.807, 2.05) is 0 Å². The van der Waals surface area contributed by atoms with Crippen LogP contribution >= 0.6 is 0 Å². The molecule has 0 aliphatic heterocycles. The molecule has 1 N–H and O–H groups in total. The third kappa shape index (κ3) is 5.51. The molecule has 0 unspecified atom stereocenters. The van der Waals surface area contributed by atoms with Crippen molar-refractivity contribution < 1.29 is 23.8 Å². The number of halogens is 1. The van der Waals surface area contributed by atoms with Crippen LogP contribution in [0.3, 0.4) is 0 Å². The lowest BCUT2D eigenvalue weighted by Crippen LogP contribution is -2.35. The number of carbonyl (C=O) groups excluding carboxylic acids is 2. The Hall–Kier alpha value is -1.95. The number of benzene rings is 1. The normalized spacial score (nSPS) is 10.2. The lowest BCUT2D eigenvalue weighted by atomic mass is 10.1. The van der Waals surface area contributed by atoms with Crippen molar-refractivity contribution in [2.45, 2.75) is 19.8 Å². The average Bonchev–Trinajstić information content (AvgIpc) is 2.47. The van der Waals surface area contributed by atoms with E-state index >= 15 is 0 Å². The highest BCUT2D eigenvalue weighted by Crippen LogP contribution is 2.11. The Kier molecular flexibility index (Phi) is 7.39. The number of aliphatic hydroxyl groups is 1. The van der Waals surface area contributed by atoms with Crippen LogP contribution in [-0.2, 0) is 9.53 Å². The summed E-state index contributed by atoms with van der Waals surface area (Å²) in [5, 5.41) is 8.88. The van der Waals surface area contributed by atoms with Crippen LogP contribution in [0.1, 0.15) is 30.1 Å². The van der Waals surface area contributed by atoms with Crippen LogP contribution in [0.4, 0.5) is 4.39 Å². The van der Waals surface area contributed by atoms with Crippen molar-refractivity contribution in [2.75, 3.05) is 26.3 Å². The summed E-state index contributed by atoms with van der Waals surface area (Å²) < 4.78 is 18.5. The maximum absolute atomic E-state index is 13.7. The van der Waals surface area contributed by atoms with Gasteiger partial charge in [-0.15, -0.1) is 0 Å². The highest BCUT2D eigenvalue weighted by molar-refractivity contribution is 5.94. The average molecular weight is 297 g/mol. The summed E-state index contributed by atoms with van der Waals surface area (Å²) in [5.41, 5.74) is -0.0423. The topological polar surface area (TPSA) is 66.8 Å². The summed E-state index contributed by atoms with van der Waals surface area (Å²) in [5.74, 6) is -1.51. The number of nitrogens with zero attached hydrogens (tertiary/aromatic N) is 1. The fourth-order valence-electron chi connectivity index (χ4n) is 1.84. The van der Waals surface area contributed by atoms with E-state index in [1.54, 1.807) is 13.0 Å². The number of esters is 1. The van der Waals surface area contributed by atoms with Crippen molar-refractivity contribution in [2.24, 2.45) is 0 Å². The van der Waals surface area contributed by atoms with Gasteiger partial charge in [0, 0.05) is 19.7 Å². The molecule has 1 aromatic carbocycles. The van der Waals surface area contributed by atoms with E-state index in [0.717, 1.165) is 0 Å². The van der Waals surface area contributed by atoms with Crippen molar-refractivity contribution in [3.63, 3.8) is 0 Å². The van der Waals surface area contributed by atoms with Crippen LogP contribution in [0.5, 0.6) is 0 Å². The van der Waals surface area contributed by atoms with E-state index in [9.17, 15) is 14.0 Å². The predicted octanol–water partition coefficient (Wildman–Crippen LogP) is 1.60. The van der Waals surface area contributed by atoms with Crippen molar-refractivity contribution in [3.05, 3.63) is 35.6 Å². The molecule has 0 saturated heterocycles. The molecule has 0 spiro atoms. The molecular formula is C15H20FNO4. The number of carbonyl (C=O) groups is 2. The summed E-state index contributed by atoms with van der Waals surface area (Å²) in [4.78, 5) is 25.0. The molecule has 0 aromatic heterocycles. The molecule has 0 atom stereocenters. The monoisotopic (exact) mass is 297 g/mol. The van der Waals surface area contributed by atoms with Crippen molar-refractivity contribution in [3.8, 4) is 0 Å². The standard InChI is InChI=1S/C15H20FNO4/c1-2-21-14(19)8-10-17(9-5-11-18)15(20)12-6-3-4-7-13(12)16/h3-4,6-7,18H,2,5,8-11H2,1H3. The number of ether oxygens (including phenoxy) is 1. The molecule has 0 saturated carbocycles. The quantitative estimate of drug-likeness (QED) is 0.740. The molecule has 0 heterocycles. The lowest BCUT2D eigenvalue weighted by molar-refractivity contribution is -0.143. The van der Waals surface area contributed by atoms with Crippen molar-refractivity contribution >= 4 is 11.9 Å². The summed E-state index contributed by atoms with van der Waals surface area (Å²) in [6.07, 6.45) is 0.405. The second kappa shape index (κ2) is 9.07. The van der Waals surface area contributed by atoms with E-state index in [-0.39, 0.29) is 38.3 Å². The maximum atomic E-state index is 13.7. The van der Waals surface area contributed by atoms with Gasteiger partial charge >= 0.3 is 5.97 Å². The Bertz CT molecular complexity index is 478. The second-order valence-corrected chi connectivity index (χ2v) is 4.40. The van der Waals surface area contributed by atoms with Gasteiger partial charge in [0.2, 0.25) is 0 Å². The minimum atomic E-state index is -0.604. The minimum absolute atomic E-state index is 0.0411. The number of hydrogen-bond donors (Lipinski definition) is 1. The Morgan fingerprint density at radius 1 is 1.29 bits per heavy atom. The van der Waals surface area contributed by atoms with Crippen LogP contribution in [0.25, 0.3) is 0 Å². The summed E-state index contributed by atoms with van der Waals surface area (Å²) in [6, 6.07) is 5.69. The van der Waals surface area contributed by atoms with Gasteiger partial charge in [0.15, 0.2) is 0 Å². The van der Waals surface area contributed by atoms with Crippen LogP contribution in [0.15, 0.2) is 24.3 Å². The van der Waals surface area contributed by atoms with E-state index in [2.05, 4.69) is 0 Å². The van der Waals surface area contributed by atoms with E-state index in [4.69, 9.17) is 9.84 Å². The third-order valence-corrected chi connectivity index (χ3v) is 2.87. The Morgan fingerprint density at radius 2 is 2.00 bits per heavy atom. The van der Waals surface area contributed by atoms with Gasteiger partial charge in [-0.3, -0.25) is 9.59 Å². The molecule has 0 aliphatic carbocycles. The summed E-state index contributed by atoms with van der Waals surface area (Å²) in [7, 11) is 0. The molecule has 21 heavy (non-hydrogen) atoms. The smallest absolute Gasteiger partial charge is 0.307 e. The fourth-order valence-corrected chi connectivity index (χ4v) is 1.84. The first-order chi connectivity index (χ1) is 10.1. The van der Waals surface area contributed by atoms with Crippen LogP contribution < -0.4 is 0 Å². The van der Waals surface area contributed by atoms with Gasteiger partial charge < -0.3 is 14.7 Å². The van der Waals surface area contributed by atoms with E-state index in [1.165, 1.54) is 23.1 Å². The molecule has 5 nitrogen and oxygen atoms in total. The molecule has 1 amide bonds. The molecule has 0 fully saturated rings. The maximum Gasteiger partial charge on any atom is 0.307 e. The number of rotatable bonds is 8. The zero-order valence-corrected chi connectivity index (χ0v) is 12.0. The Morgan fingerprint density at radius 3 is 2.62 bits per heavy atom. The third-order valence-electron chi connectivity index (χ3n) is 2.87. The molecule has 116 valence electrons.